The average molecular weight is 363 g/mol. The molecule has 100 valence electrons. The van der Waals surface area contributed by atoms with E-state index < -0.39 is 10.0 Å². The summed E-state index contributed by atoms with van der Waals surface area (Å²) in [6.45, 7) is 0. The SMILES string of the molecule is Nc1ccc(S(=O)(=O)Nc2cccc(Cl)n2)cc1Br. The number of anilines is 2. The Morgan fingerprint density at radius 3 is 2.63 bits per heavy atom. The number of hydrogen-bond donors (Lipinski definition) is 2. The van der Waals surface area contributed by atoms with Crippen LogP contribution in [-0.2, 0) is 10.0 Å². The van der Waals surface area contributed by atoms with Crippen molar-refractivity contribution >= 4 is 49.1 Å². The molecule has 1 heterocycles. The van der Waals surface area contributed by atoms with Crippen LogP contribution >= 0.6 is 27.5 Å². The van der Waals surface area contributed by atoms with E-state index in [2.05, 4.69) is 25.6 Å². The normalized spacial score (nSPS) is 11.3. The van der Waals surface area contributed by atoms with Gasteiger partial charge in [-0.3, -0.25) is 4.72 Å². The van der Waals surface area contributed by atoms with Gasteiger partial charge in [-0.25, -0.2) is 13.4 Å². The first-order valence-electron chi connectivity index (χ1n) is 5.09. The lowest BCUT2D eigenvalue weighted by Gasteiger charge is -2.08. The molecule has 1 aromatic carbocycles. The number of nitrogens with one attached hydrogen (secondary N) is 1. The average Bonchev–Trinajstić information content (AvgIpc) is 2.32. The quantitative estimate of drug-likeness (QED) is 0.649. The molecule has 0 saturated carbocycles. The van der Waals surface area contributed by atoms with Gasteiger partial charge in [0.05, 0.1) is 4.90 Å². The molecule has 8 heteroatoms. The molecule has 0 aliphatic carbocycles. The maximum absolute atomic E-state index is 12.1. The summed E-state index contributed by atoms with van der Waals surface area (Å²) < 4.78 is 27.1. The molecule has 0 saturated heterocycles. The van der Waals surface area contributed by atoms with Gasteiger partial charge in [0, 0.05) is 10.2 Å². The van der Waals surface area contributed by atoms with Crippen molar-refractivity contribution in [3.8, 4) is 0 Å². The summed E-state index contributed by atoms with van der Waals surface area (Å²) in [6, 6.07) is 9.00. The predicted octanol–water partition coefficient (Wildman–Crippen LogP) is 2.88. The van der Waals surface area contributed by atoms with Crippen LogP contribution in [0, 0.1) is 0 Å². The summed E-state index contributed by atoms with van der Waals surface area (Å²) in [6.07, 6.45) is 0. The number of benzene rings is 1. The number of nitrogen functional groups attached to an aromatic ring is 1. The van der Waals surface area contributed by atoms with Crippen LogP contribution < -0.4 is 10.5 Å². The number of rotatable bonds is 3. The number of aromatic nitrogens is 1. The molecule has 0 atom stereocenters. The van der Waals surface area contributed by atoms with Crippen molar-refractivity contribution in [2.24, 2.45) is 0 Å². The summed E-state index contributed by atoms with van der Waals surface area (Å²) >= 11 is 8.88. The minimum atomic E-state index is -3.73. The highest BCUT2D eigenvalue weighted by Gasteiger charge is 2.16. The maximum atomic E-state index is 12.1. The minimum Gasteiger partial charge on any atom is -0.398 e. The van der Waals surface area contributed by atoms with Crippen molar-refractivity contribution in [3.63, 3.8) is 0 Å². The Labute approximate surface area is 124 Å². The zero-order valence-corrected chi connectivity index (χ0v) is 12.6. The smallest absolute Gasteiger partial charge is 0.263 e. The van der Waals surface area contributed by atoms with Crippen molar-refractivity contribution in [3.05, 3.63) is 46.0 Å². The van der Waals surface area contributed by atoms with Crippen LogP contribution in [0.4, 0.5) is 11.5 Å². The minimum absolute atomic E-state index is 0.0790. The third-order valence-corrected chi connectivity index (χ3v) is 4.49. The number of nitrogens with two attached hydrogens (primary N) is 1. The Hall–Kier alpha value is -1.31. The third kappa shape index (κ3) is 3.37. The molecule has 0 unspecified atom stereocenters. The molecule has 2 rings (SSSR count). The Bertz CT molecular complexity index is 722. The van der Waals surface area contributed by atoms with Gasteiger partial charge in [-0.2, -0.15) is 0 Å². The van der Waals surface area contributed by atoms with E-state index in [-0.39, 0.29) is 15.9 Å². The van der Waals surface area contributed by atoms with Gasteiger partial charge < -0.3 is 5.73 Å². The third-order valence-electron chi connectivity index (χ3n) is 2.24. The highest BCUT2D eigenvalue weighted by Crippen LogP contribution is 2.24. The fourth-order valence-corrected chi connectivity index (χ4v) is 3.06. The lowest BCUT2D eigenvalue weighted by molar-refractivity contribution is 0.601. The van der Waals surface area contributed by atoms with Crippen LogP contribution in [0.3, 0.4) is 0 Å². The summed E-state index contributed by atoms with van der Waals surface area (Å²) in [7, 11) is -3.73. The topological polar surface area (TPSA) is 85.1 Å². The van der Waals surface area contributed by atoms with E-state index in [4.69, 9.17) is 17.3 Å². The molecule has 0 amide bonds. The fraction of sp³-hybridized carbons (Fsp3) is 0. The van der Waals surface area contributed by atoms with E-state index in [1.54, 1.807) is 12.1 Å². The van der Waals surface area contributed by atoms with Gasteiger partial charge in [-0.15, -0.1) is 0 Å². The Kier molecular flexibility index (Phi) is 3.98. The zero-order valence-electron chi connectivity index (χ0n) is 9.47. The van der Waals surface area contributed by atoms with Gasteiger partial charge in [0.15, 0.2) is 0 Å². The van der Waals surface area contributed by atoms with Gasteiger partial charge in [0.25, 0.3) is 10.0 Å². The largest absolute Gasteiger partial charge is 0.398 e. The summed E-state index contributed by atoms with van der Waals surface area (Å²) in [4.78, 5) is 3.94. The highest BCUT2D eigenvalue weighted by atomic mass is 79.9. The second-order valence-electron chi connectivity index (χ2n) is 3.63. The van der Waals surface area contributed by atoms with Crippen molar-refractivity contribution in [1.29, 1.82) is 0 Å². The van der Waals surface area contributed by atoms with E-state index in [1.165, 1.54) is 24.3 Å². The first-order chi connectivity index (χ1) is 8.88. The lowest BCUT2D eigenvalue weighted by atomic mass is 10.3. The zero-order chi connectivity index (χ0) is 14.0. The van der Waals surface area contributed by atoms with Crippen LogP contribution in [0.15, 0.2) is 45.8 Å². The first kappa shape index (κ1) is 14.1. The van der Waals surface area contributed by atoms with Crippen molar-refractivity contribution < 1.29 is 8.42 Å². The first-order valence-corrected chi connectivity index (χ1v) is 7.74. The number of hydrogen-bond acceptors (Lipinski definition) is 4. The predicted molar refractivity (Wildman–Crippen MR) is 78.6 cm³/mol. The van der Waals surface area contributed by atoms with Crippen molar-refractivity contribution in [1.82, 2.24) is 4.98 Å². The summed E-state index contributed by atoms with van der Waals surface area (Å²) in [5.74, 6) is 0.153. The van der Waals surface area contributed by atoms with Crippen molar-refractivity contribution in [2.75, 3.05) is 10.5 Å². The second-order valence-corrected chi connectivity index (χ2v) is 6.56. The number of nitrogens with zero attached hydrogens (tertiary/aromatic N) is 1. The Morgan fingerprint density at radius 2 is 2.00 bits per heavy atom. The highest BCUT2D eigenvalue weighted by molar-refractivity contribution is 9.10. The molecule has 1 aromatic heterocycles. The summed E-state index contributed by atoms with van der Waals surface area (Å²) in [5.41, 5.74) is 6.07. The molecular formula is C11H9BrClN3O2S. The molecule has 3 N–H and O–H groups in total. The number of halogens is 2. The fourth-order valence-electron chi connectivity index (χ4n) is 1.34. The van der Waals surface area contributed by atoms with E-state index >= 15 is 0 Å². The van der Waals surface area contributed by atoms with Crippen LogP contribution in [0.25, 0.3) is 0 Å². The molecule has 19 heavy (non-hydrogen) atoms. The molecule has 5 nitrogen and oxygen atoms in total. The number of pyridine rings is 1. The van der Waals surface area contributed by atoms with E-state index in [0.29, 0.717) is 10.2 Å². The molecule has 0 aliphatic rings. The van der Waals surface area contributed by atoms with Gasteiger partial charge in [0.2, 0.25) is 0 Å². The van der Waals surface area contributed by atoms with Gasteiger partial charge in [-0.05, 0) is 46.3 Å². The molecule has 0 radical (unpaired) electrons. The van der Waals surface area contributed by atoms with Crippen molar-refractivity contribution in [2.45, 2.75) is 4.90 Å². The van der Waals surface area contributed by atoms with Crippen LogP contribution in [0.1, 0.15) is 0 Å². The van der Waals surface area contributed by atoms with Gasteiger partial charge in [-0.1, -0.05) is 17.7 Å². The van der Waals surface area contributed by atoms with Crippen LogP contribution in [-0.4, -0.2) is 13.4 Å². The molecule has 2 aromatic rings. The van der Waals surface area contributed by atoms with Gasteiger partial charge in [0.1, 0.15) is 11.0 Å². The molecule has 0 fully saturated rings. The van der Waals surface area contributed by atoms with E-state index in [1.807, 2.05) is 0 Å². The maximum Gasteiger partial charge on any atom is 0.263 e. The Balaban J connectivity index is 2.35. The van der Waals surface area contributed by atoms with Crippen LogP contribution in [0.5, 0.6) is 0 Å². The second kappa shape index (κ2) is 5.36. The Morgan fingerprint density at radius 1 is 1.26 bits per heavy atom. The standard InChI is InChI=1S/C11H9BrClN3O2S/c12-8-6-7(4-5-9(8)14)19(17,18)16-11-3-1-2-10(13)15-11/h1-6H,14H2,(H,15,16). The summed E-state index contributed by atoms with van der Waals surface area (Å²) in [5, 5.41) is 0.207. The molecule has 0 aliphatic heterocycles. The van der Waals surface area contributed by atoms with Gasteiger partial charge >= 0.3 is 0 Å². The van der Waals surface area contributed by atoms with E-state index in [0.717, 1.165) is 0 Å². The monoisotopic (exact) mass is 361 g/mol. The van der Waals surface area contributed by atoms with E-state index in [9.17, 15) is 8.42 Å². The molecular weight excluding hydrogens is 354 g/mol. The molecule has 0 bridgehead atoms. The molecule has 0 spiro atoms. The van der Waals surface area contributed by atoms with Crippen LogP contribution in [0.2, 0.25) is 5.15 Å². The number of sulfonamides is 1. The lowest BCUT2D eigenvalue weighted by Crippen LogP contribution is -2.14.